The molecule has 3 aromatic rings. The van der Waals surface area contributed by atoms with E-state index >= 15 is 0 Å². The van der Waals surface area contributed by atoms with Crippen molar-refractivity contribution in [3.8, 4) is 0 Å². The molecule has 5 rings (SSSR count). The SMILES string of the molecule is O=C(c1cccc(Br)c1)N1N=C2C(=Cc3ccco3)CCCC2C1c1ccco1. The van der Waals surface area contributed by atoms with E-state index in [1.54, 1.807) is 17.5 Å². The van der Waals surface area contributed by atoms with Crippen molar-refractivity contribution in [3.63, 3.8) is 0 Å². The molecule has 3 heterocycles. The zero-order valence-corrected chi connectivity index (χ0v) is 17.2. The Morgan fingerprint density at radius 3 is 2.76 bits per heavy atom. The van der Waals surface area contributed by atoms with Crippen LogP contribution in [0, 0.1) is 5.92 Å². The van der Waals surface area contributed by atoms with Gasteiger partial charge in [0.05, 0.1) is 18.2 Å². The van der Waals surface area contributed by atoms with Crippen LogP contribution < -0.4 is 0 Å². The Bertz CT molecular complexity index is 1080. The van der Waals surface area contributed by atoms with E-state index in [-0.39, 0.29) is 17.9 Å². The van der Waals surface area contributed by atoms with Crippen LogP contribution in [0.4, 0.5) is 0 Å². The lowest BCUT2D eigenvalue weighted by molar-refractivity contribution is 0.0656. The second-order valence-corrected chi connectivity index (χ2v) is 8.20. The van der Waals surface area contributed by atoms with Crippen LogP contribution >= 0.6 is 15.9 Å². The molecule has 0 radical (unpaired) electrons. The highest BCUT2D eigenvalue weighted by Gasteiger charge is 2.45. The molecule has 0 saturated heterocycles. The number of benzene rings is 1. The summed E-state index contributed by atoms with van der Waals surface area (Å²) in [5, 5.41) is 6.43. The first-order valence-corrected chi connectivity index (χ1v) is 10.5. The molecule has 2 atom stereocenters. The number of amides is 1. The van der Waals surface area contributed by atoms with Crippen molar-refractivity contribution in [1.29, 1.82) is 0 Å². The Hall–Kier alpha value is -2.86. The van der Waals surface area contributed by atoms with E-state index in [0.29, 0.717) is 5.56 Å². The molecule has 1 aromatic carbocycles. The van der Waals surface area contributed by atoms with Crippen molar-refractivity contribution in [3.05, 3.63) is 88.2 Å². The van der Waals surface area contributed by atoms with Crippen LogP contribution in [0.15, 0.2) is 85.0 Å². The minimum atomic E-state index is -0.244. The molecule has 5 nitrogen and oxygen atoms in total. The van der Waals surface area contributed by atoms with Crippen LogP contribution in [0.5, 0.6) is 0 Å². The first kappa shape index (κ1) is 18.2. The van der Waals surface area contributed by atoms with Gasteiger partial charge in [-0.1, -0.05) is 22.0 Å². The topological polar surface area (TPSA) is 59.0 Å². The summed E-state index contributed by atoms with van der Waals surface area (Å²) in [6.07, 6.45) is 8.26. The van der Waals surface area contributed by atoms with E-state index in [2.05, 4.69) is 15.9 Å². The summed E-state index contributed by atoms with van der Waals surface area (Å²) in [6, 6.07) is 14.7. The van der Waals surface area contributed by atoms with Crippen LogP contribution in [-0.2, 0) is 0 Å². The summed E-state index contributed by atoms with van der Waals surface area (Å²) in [5.74, 6) is 1.53. The molecule has 1 amide bonds. The number of allylic oxidation sites excluding steroid dienone is 1. The van der Waals surface area contributed by atoms with Gasteiger partial charge in [-0.25, -0.2) is 5.01 Å². The number of hydrazone groups is 1. The molecule has 1 aliphatic carbocycles. The van der Waals surface area contributed by atoms with Gasteiger partial charge in [0.2, 0.25) is 0 Å². The number of rotatable bonds is 3. The number of carbonyl (C=O) groups is 1. The van der Waals surface area contributed by atoms with Crippen molar-refractivity contribution >= 4 is 33.6 Å². The number of fused-ring (bicyclic) bond motifs is 1. The summed E-state index contributed by atoms with van der Waals surface area (Å²) < 4.78 is 12.1. The standard InChI is InChI=1S/C23H19BrN2O3/c24-17-7-1-6-16(13-17)23(27)26-22(20-10-4-12-29-20)19-9-2-5-15(21(19)25-26)14-18-8-3-11-28-18/h1,3-4,6-8,10-14,19,22H,2,5,9H2. The van der Waals surface area contributed by atoms with Gasteiger partial charge in [-0.3, -0.25) is 4.79 Å². The molecule has 2 aromatic heterocycles. The second-order valence-electron chi connectivity index (χ2n) is 7.29. The molecule has 1 aliphatic heterocycles. The maximum Gasteiger partial charge on any atom is 0.274 e. The normalized spacial score (nSPS) is 22.6. The molecule has 146 valence electrons. The van der Waals surface area contributed by atoms with Gasteiger partial charge in [0.15, 0.2) is 0 Å². The molecule has 1 saturated carbocycles. The summed E-state index contributed by atoms with van der Waals surface area (Å²) in [5.41, 5.74) is 2.67. The number of hydrogen-bond acceptors (Lipinski definition) is 4. The van der Waals surface area contributed by atoms with Crippen LogP contribution in [0.25, 0.3) is 6.08 Å². The number of nitrogens with zero attached hydrogens (tertiary/aromatic N) is 2. The van der Waals surface area contributed by atoms with Gasteiger partial charge in [0.25, 0.3) is 5.91 Å². The lowest BCUT2D eigenvalue weighted by Crippen LogP contribution is -2.31. The Morgan fingerprint density at radius 1 is 1.14 bits per heavy atom. The van der Waals surface area contributed by atoms with E-state index in [0.717, 1.165) is 46.5 Å². The first-order chi connectivity index (χ1) is 14.2. The molecule has 29 heavy (non-hydrogen) atoms. The van der Waals surface area contributed by atoms with E-state index in [4.69, 9.17) is 13.9 Å². The first-order valence-electron chi connectivity index (χ1n) is 9.66. The number of hydrogen-bond donors (Lipinski definition) is 0. The summed E-state index contributed by atoms with van der Waals surface area (Å²) >= 11 is 3.45. The quantitative estimate of drug-likeness (QED) is 0.486. The lowest BCUT2D eigenvalue weighted by atomic mass is 9.79. The van der Waals surface area contributed by atoms with Crippen molar-refractivity contribution in [1.82, 2.24) is 5.01 Å². The molecule has 2 unspecified atom stereocenters. The van der Waals surface area contributed by atoms with Gasteiger partial charge in [0.1, 0.15) is 17.6 Å². The highest BCUT2D eigenvalue weighted by Crippen LogP contribution is 2.45. The van der Waals surface area contributed by atoms with Crippen LogP contribution in [0.1, 0.15) is 47.2 Å². The van der Waals surface area contributed by atoms with E-state index in [1.165, 1.54) is 0 Å². The van der Waals surface area contributed by atoms with Gasteiger partial charge in [-0.15, -0.1) is 0 Å². The minimum Gasteiger partial charge on any atom is -0.467 e. The van der Waals surface area contributed by atoms with Crippen molar-refractivity contribution in [2.45, 2.75) is 25.3 Å². The third-order valence-electron chi connectivity index (χ3n) is 5.48. The molecular formula is C23H19BrN2O3. The van der Waals surface area contributed by atoms with Crippen LogP contribution in [0.3, 0.4) is 0 Å². The zero-order chi connectivity index (χ0) is 19.8. The highest BCUT2D eigenvalue weighted by molar-refractivity contribution is 9.10. The average molecular weight is 451 g/mol. The number of halogens is 1. The smallest absolute Gasteiger partial charge is 0.274 e. The van der Waals surface area contributed by atoms with Gasteiger partial charge in [-0.2, -0.15) is 5.10 Å². The molecule has 6 heteroatoms. The fourth-order valence-corrected chi connectivity index (χ4v) is 4.60. The third-order valence-corrected chi connectivity index (χ3v) is 5.97. The van der Waals surface area contributed by atoms with Crippen LogP contribution in [-0.4, -0.2) is 16.6 Å². The highest BCUT2D eigenvalue weighted by atomic mass is 79.9. The predicted octanol–water partition coefficient (Wildman–Crippen LogP) is 6.07. The maximum atomic E-state index is 13.4. The van der Waals surface area contributed by atoms with Crippen molar-refractivity contribution in [2.24, 2.45) is 11.0 Å². The molecule has 1 fully saturated rings. The van der Waals surface area contributed by atoms with Gasteiger partial charge in [-0.05, 0) is 73.4 Å². The Kier molecular flexibility index (Phi) is 4.72. The predicted molar refractivity (Wildman–Crippen MR) is 113 cm³/mol. The summed E-state index contributed by atoms with van der Waals surface area (Å²) in [7, 11) is 0. The van der Waals surface area contributed by atoms with E-state index in [1.807, 2.05) is 54.6 Å². The fourth-order valence-electron chi connectivity index (χ4n) is 4.20. The molecular weight excluding hydrogens is 432 g/mol. The molecule has 0 N–H and O–H groups in total. The van der Waals surface area contributed by atoms with E-state index in [9.17, 15) is 4.79 Å². The summed E-state index contributed by atoms with van der Waals surface area (Å²) in [6.45, 7) is 0. The monoisotopic (exact) mass is 450 g/mol. The third kappa shape index (κ3) is 3.38. The molecule has 0 spiro atoms. The fraction of sp³-hybridized carbons (Fsp3) is 0.217. The second kappa shape index (κ2) is 7.52. The molecule has 2 aliphatic rings. The van der Waals surface area contributed by atoms with Crippen LogP contribution in [0.2, 0.25) is 0 Å². The zero-order valence-electron chi connectivity index (χ0n) is 15.6. The van der Waals surface area contributed by atoms with Gasteiger partial charge in [0, 0.05) is 16.0 Å². The average Bonchev–Trinajstić information content (AvgIpc) is 3.48. The molecule has 0 bridgehead atoms. The van der Waals surface area contributed by atoms with E-state index < -0.39 is 0 Å². The lowest BCUT2D eigenvalue weighted by Gasteiger charge is -2.27. The van der Waals surface area contributed by atoms with Crippen molar-refractivity contribution < 1.29 is 13.6 Å². The Labute approximate surface area is 176 Å². The summed E-state index contributed by atoms with van der Waals surface area (Å²) in [4.78, 5) is 13.4. The Balaban J connectivity index is 1.57. The number of furan rings is 2. The van der Waals surface area contributed by atoms with Gasteiger partial charge < -0.3 is 8.83 Å². The largest absolute Gasteiger partial charge is 0.467 e. The Morgan fingerprint density at radius 2 is 2.00 bits per heavy atom. The maximum absolute atomic E-state index is 13.4. The van der Waals surface area contributed by atoms with Gasteiger partial charge >= 0.3 is 0 Å². The number of carbonyl (C=O) groups excluding carboxylic acids is 1. The van der Waals surface area contributed by atoms with Crippen molar-refractivity contribution in [2.75, 3.05) is 0 Å². The minimum absolute atomic E-state index is 0.104.